The summed E-state index contributed by atoms with van der Waals surface area (Å²) in [7, 11) is 0. The maximum absolute atomic E-state index is 5.62. The predicted molar refractivity (Wildman–Crippen MR) is 87.8 cm³/mol. The highest BCUT2D eigenvalue weighted by atomic mass is 32.1. The fourth-order valence-corrected chi connectivity index (χ4v) is 4.16. The van der Waals surface area contributed by atoms with E-state index in [9.17, 15) is 0 Å². The molecule has 108 valence electrons. The zero-order chi connectivity index (χ0) is 14.1. The van der Waals surface area contributed by atoms with Crippen LogP contribution in [-0.2, 0) is 0 Å². The molecule has 1 aliphatic carbocycles. The first-order chi connectivity index (χ1) is 9.70. The Kier molecular flexibility index (Phi) is 3.97. The molecule has 1 aliphatic rings. The van der Waals surface area contributed by atoms with Crippen LogP contribution in [0.1, 0.15) is 57.1 Å². The molecule has 1 atom stereocenters. The lowest BCUT2D eigenvalue weighted by Gasteiger charge is -2.31. The highest BCUT2D eigenvalue weighted by Crippen LogP contribution is 2.36. The van der Waals surface area contributed by atoms with Crippen LogP contribution in [0.5, 0.6) is 0 Å². The van der Waals surface area contributed by atoms with E-state index in [4.69, 9.17) is 12.2 Å². The molecule has 1 unspecified atom stereocenters. The Bertz CT molecular complexity index is 647. The van der Waals surface area contributed by atoms with E-state index in [2.05, 4.69) is 41.6 Å². The summed E-state index contributed by atoms with van der Waals surface area (Å²) in [6.45, 7) is 4.43. The number of aromatic nitrogens is 2. The number of nitrogens with one attached hydrogen (secondary N) is 1. The summed E-state index contributed by atoms with van der Waals surface area (Å²) in [4.78, 5) is 3.40. The van der Waals surface area contributed by atoms with Gasteiger partial charge in [-0.25, -0.2) is 0 Å². The van der Waals surface area contributed by atoms with E-state index in [0.29, 0.717) is 6.04 Å². The summed E-state index contributed by atoms with van der Waals surface area (Å²) in [5.41, 5.74) is 3.74. The van der Waals surface area contributed by atoms with Crippen molar-refractivity contribution < 1.29 is 0 Å². The third-order valence-corrected chi connectivity index (χ3v) is 5.11. The van der Waals surface area contributed by atoms with Crippen LogP contribution in [0.15, 0.2) is 18.2 Å². The molecule has 1 heterocycles. The second kappa shape index (κ2) is 5.72. The van der Waals surface area contributed by atoms with Crippen LogP contribution in [0.4, 0.5) is 0 Å². The molecule has 1 saturated carbocycles. The van der Waals surface area contributed by atoms with Crippen molar-refractivity contribution in [1.29, 1.82) is 0 Å². The lowest BCUT2D eigenvalue weighted by atomic mass is 9.82. The summed E-state index contributed by atoms with van der Waals surface area (Å²) in [6.07, 6.45) is 8.06. The van der Waals surface area contributed by atoms with Crippen molar-refractivity contribution in [2.45, 2.75) is 58.4 Å². The minimum absolute atomic E-state index is 0.555. The normalized spacial score (nSPS) is 18.5. The third-order valence-electron chi connectivity index (χ3n) is 4.82. The molecular formula is C17H24N2S. The number of fused-ring (bicyclic) bond motifs is 1. The van der Waals surface area contributed by atoms with Crippen molar-refractivity contribution in [2.24, 2.45) is 5.92 Å². The van der Waals surface area contributed by atoms with Crippen LogP contribution in [-0.4, -0.2) is 9.55 Å². The van der Waals surface area contributed by atoms with Crippen LogP contribution in [0.25, 0.3) is 11.0 Å². The van der Waals surface area contributed by atoms with E-state index in [1.807, 2.05) is 0 Å². The Morgan fingerprint density at radius 2 is 2.05 bits per heavy atom. The highest BCUT2D eigenvalue weighted by Gasteiger charge is 2.25. The average molecular weight is 288 g/mol. The van der Waals surface area contributed by atoms with Gasteiger partial charge in [0.05, 0.1) is 11.0 Å². The number of aromatic amines is 1. The molecule has 0 bridgehead atoms. The highest BCUT2D eigenvalue weighted by molar-refractivity contribution is 7.71. The molecule has 2 aromatic rings. The lowest BCUT2D eigenvalue weighted by molar-refractivity contribution is 0.245. The summed E-state index contributed by atoms with van der Waals surface area (Å²) < 4.78 is 3.28. The molecule has 1 fully saturated rings. The standard InChI is InChI=1S/C17H24N2S/c1-3-15(13-7-5-4-6-8-13)19-16-10-9-12(2)11-14(16)18-17(19)20/h9-11,13,15H,3-8H2,1-2H3,(H,18,20). The molecule has 0 saturated heterocycles. The number of nitrogens with zero attached hydrogens (tertiary/aromatic N) is 1. The van der Waals surface area contributed by atoms with E-state index < -0.39 is 0 Å². The van der Waals surface area contributed by atoms with Crippen molar-refractivity contribution in [1.82, 2.24) is 9.55 Å². The molecule has 3 heteroatoms. The molecule has 0 spiro atoms. The Morgan fingerprint density at radius 3 is 2.75 bits per heavy atom. The maximum atomic E-state index is 5.62. The zero-order valence-corrected chi connectivity index (χ0v) is 13.3. The molecule has 1 aromatic heterocycles. The molecule has 3 rings (SSSR count). The van der Waals surface area contributed by atoms with E-state index >= 15 is 0 Å². The van der Waals surface area contributed by atoms with Gasteiger partial charge in [0.15, 0.2) is 4.77 Å². The number of H-pyrrole nitrogens is 1. The van der Waals surface area contributed by atoms with Gasteiger partial charge in [-0.3, -0.25) is 0 Å². The fourth-order valence-electron chi connectivity index (χ4n) is 3.82. The first-order valence-electron chi connectivity index (χ1n) is 7.91. The largest absolute Gasteiger partial charge is 0.331 e. The van der Waals surface area contributed by atoms with Gasteiger partial charge in [0.25, 0.3) is 0 Å². The van der Waals surface area contributed by atoms with Crippen molar-refractivity contribution in [3.63, 3.8) is 0 Å². The molecule has 2 nitrogen and oxygen atoms in total. The Hall–Kier alpha value is -1.09. The van der Waals surface area contributed by atoms with E-state index in [1.54, 1.807) is 0 Å². The van der Waals surface area contributed by atoms with Gasteiger partial charge in [0, 0.05) is 6.04 Å². The van der Waals surface area contributed by atoms with Gasteiger partial charge in [0.2, 0.25) is 0 Å². The third kappa shape index (κ3) is 2.44. The summed E-state index contributed by atoms with van der Waals surface area (Å²) in [5, 5.41) is 0. The van der Waals surface area contributed by atoms with Gasteiger partial charge in [-0.1, -0.05) is 32.3 Å². The summed E-state index contributed by atoms with van der Waals surface area (Å²) in [6, 6.07) is 7.17. The number of aryl methyl sites for hydroxylation is 1. The van der Waals surface area contributed by atoms with Gasteiger partial charge < -0.3 is 9.55 Å². The maximum Gasteiger partial charge on any atom is 0.178 e. The van der Waals surface area contributed by atoms with E-state index in [-0.39, 0.29) is 0 Å². The monoisotopic (exact) mass is 288 g/mol. The molecule has 0 aliphatic heterocycles. The van der Waals surface area contributed by atoms with Gasteiger partial charge in [0.1, 0.15) is 0 Å². The van der Waals surface area contributed by atoms with Gasteiger partial charge in [-0.05, 0) is 62.0 Å². The number of hydrogen-bond donors (Lipinski definition) is 1. The van der Waals surface area contributed by atoms with Gasteiger partial charge in [-0.15, -0.1) is 0 Å². The number of hydrogen-bond acceptors (Lipinski definition) is 1. The molecule has 0 radical (unpaired) electrons. The van der Waals surface area contributed by atoms with Gasteiger partial charge in [-0.2, -0.15) is 0 Å². The Labute approximate surface area is 126 Å². The topological polar surface area (TPSA) is 20.7 Å². The number of benzene rings is 1. The van der Waals surface area contributed by atoms with Crippen molar-refractivity contribution in [3.8, 4) is 0 Å². The molecular weight excluding hydrogens is 264 g/mol. The minimum atomic E-state index is 0.555. The fraction of sp³-hybridized carbons (Fsp3) is 0.588. The second-order valence-electron chi connectivity index (χ2n) is 6.19. The van der Waals surface area contributed by atoms with Crippen LogP contribution in [0.2, 0.25) is 0 Å². The first kappa shape index (κ1) is 13.9. The molecule has 20 heavy (non-hydrogen) atoms. The average Bonchev–Trinajstić information content (AvgIpc) is 2.77. The van der Waals surface area contributed by atoms with Crippen LogP contribution in [0, 0.1) is 17.6 Å². The summed E-state index contributed by atoms with van der Waals surface area (Å²) in [5.74, 6) is 0.792. The Morgan fingerprint density at radius 1 is 1.30 bits per heavy atom. The van der Waals surface area contributed by atoms with E-state index in [1.165, 1.54) is 55.1 Å². The second-order valence-corrected chi connectivity index (χ2v) is 6.58. The number of rotatable bonds is 3. The van der Waals surface area contributed by atoms with Crippen molar-refractivity contribution in [2.75, 3.05) is 0 Å². The number of imidazole rings is 1. The van der Waals surface area contributed by atoms with Crippen LogP contribution < -0.4 is 0 Å². The molecule has 1 N–H and O–H groups in total. The van der Waals surface area contributed by atoms with Crippen LogP contribution >= 0.6 is 12.2 Å². The van der Waals surface area contributed by atoms with E-state index in [0.717, 1.165) is 10.7 Å². The van der Waals surface area contributed by atoms with Gasteiger partial charge >= 0.3 is 0 Å². The quantitative estimate of drug-likeness (QED) is 0.735. The lowest BCUT2D eigenvalue weighted by Crippen LogP contribution is -2.21. The van der Waals surface area contributed by atoms with Crippen molar-refractivity contribution in [3.05, 3.63) is 28.5 Å². The van der Waals surface area contributed by atoms with Crippen molar-refractivity contribution >= 4 is 23.3 Å². The first-order valence-corrected chi connectivity index (χ1v) is 8.32. The summed E-state index contributed by atoms with van der Waals surface area (Å²) >= 11 is 5.62. The predicted octanol–water partition coefficient (Wildman–Crippen LogP) is 5.54. The molecule has 0 amide bonds. The zero-order valence-electron chi connectivity index (χ0n) is 12.5. The minimum Gasteiger partial charge on any atom is -0.331 e. The SMILES string of the molecule is CCC(C1CCCCC1)n1c(=S)[nH]c2cc(C)ccc21. The molecule has 1 aromatic carbocycles. The Balaban J connectivity index is 2.06. The van der Waals surface area contributed by atoms with Crippen LogP contribution in [0.3, 0.4) is 0 Å². The smallest absolute Gasteiger partial charge is 0.178 e.